The van der Waals surface area contributed by atoms with E-state index in [0.29, 0.717) is 0 Å². The fourth-order valence-corrected chi connectivity index (χ4v) is 2.03. The Morgan fingerprint density at radius 3 is 2.44 bits per heavy atom. The maximum absolute atomic E-state index is 6.21. The second-order valence-corrected chi connectivity index (χ2v) is 4.47. The maximum Gasteiger partial charge on any atom is 0.125 e. The SMILES string of the molecule is CCc1cc(CC(N)c2ccccc2)nc(C)n1. The summed E-state index contributed by atoms with van der Waals surface area (Å²) >= 11 is 0. The van der Waals surface area contributed by atoms with Crippen LogP contribution in [-0.4, -0.2) is 9.97 Å². The number of hydrogen-bond acceptors (Lipinski definition) is 3. The second-order valence-electron chi connectivity index (χ2n) is 4.47. The summed E-state index contributed by atoms with van der Waals surface area (Å²) in [6.07, 6.45) is 1.68. The lowest BCUT2D eigenvalue weighted by atomic mass is 10.0. The van der Waals surface area contributed by atoms with Gasteiger partial charge in [-0.15, -0.1) is 0 Å². The molecular weight excluding hydrogens is 222 g/mol. The molecule has 0 fully saturated rings. The maximum atomic E-state index is 6.21. The van der Waals surface area contributed by atoms with Gasteiger partial charge in [-0.05, 0) is 25.0 Å². The molecule has 1 heterocycles. The van der Waals surface area contributed by atoms with Gasteiger partial charge in [0.15, 0.2) is 0 Å². The standard InChI is InChI=1S/C15H19N3/c1-3-13-9-14(18-11(2)17-13)10-15(16)12-7-5-4-6-8-12/h4-9,15H,3,10,16H2,1-2H3. The van der Waals surface area contributed by atoms with Crippen molar-refractivity contribution in [2.24, 2.45) is 5.73 Å². The van der Waals surface area contributed by atoms with E-state index in [1.165, 1.54) is 0 Å². The third-order valence-electron chi connectivity index (χ3n) is 2.96. The van der Waals surface area contributed by atoms with Gasteiger partial charge in [0.05, 0.1) is 0 Å². The number of hydrogen-bond donors (Lipinski definition) is 1. The molecule has 18 heavy (non-hydrogen) atoms. The third-order valence-corrected chi connectivity index (χ3v) is 2.96. The van der Waals surface area contributed by atoms with Gasteiger partial charge in [0.1, 0.15) is 5.82 Å². The number of aromatic nitrogens is 2. The predicted octanol–water partition coefficient (Wildman–Crippen LogP) is 2.59. The molecule has 1 unspecified atom stereocenters. The fourth-order valence-electron chi connectivity index (χ4n) is 2.03. The minimum Gasteiger partial charge on any atom is -0.324 e. The fraction of sp³-hybridized carbons (Fsp3) is 0.333. The minimum atomic E-state index is -0.00907. The highest BCUT2D eigenvalue weighted by atomic mass is 14.9. The van der Waals surface area contributed by atoms with E-state index >= 15 is 0 Å². The molecular formula is C15H19N3. The van der Waals surface area contributed by atoms with Crippen molar-refractivity contribution < 1.29 is 0 Å². The molecule has 94 valence electrons. The van der Waals surface area contributed by atoms with Crippen LogP contribution in [0.25, 0.3) is 0 Å². The smallest absolute Gasteiger partial charge is 0.125 e. The summed E-state index contributed by atoms with van der Waals surface area (Å²) in [4.78, 5) is 8.84. The van der Waals surface area contributed by atoms with Crippen molar-refractivity contribution in [3.63, 3.8) is 0 Å². The van der Waals surface area contributed by atoms with Crippen molar-refractivity contribution in [2.45, 2.75) is 32.7 Å². The van der Waals surface area contributed by atoms with Crippen LogP contribution in [0.2, 0.25) is 0 Å². The van der Waals surface area contributed by atoms with E-state index in [9.17, 15) is 0 Å². The number of nitrogens with two attached hydrogens (primary N) is 1. The van der Waals surface area contributed by atoms with E-state index in [4.69, 9.17) is 5.73 Å². The lowest BCUT2D eigenvalue weighted by Gasteiger charge is -2.12. The van der Waals surface area contributed by atoms with Crippen molar-refractivity contribution in [1.82, 2.24) is 9.97 Å². The largest absolute Gasteiger partial charge is 0.324 e. The van der Waals surface area contributed by atoms with Crippen LogP contribution in [0.5, 0.6) is 0 Å². The average molecular weight is 241 g/mol. The second kappa shape index (κ2) is 5.74. The van der Waals surface area contributed by atoms with Crippen molar-refractivity contribution in [3.8, 4) is 0 Å². The average Bonchev–Trinajstić information content (AvgIpc) is 2.39. The Morgan fingerprint density at radius 1 is 1.11 bits per heavy atom. The molecule has 0 aliphatic rings. The topological polar surface area (TPSA) is 51.8 Å². The Morgan fingerprint density at radius 2 is 1.78 bits per heavy atom. The Bertz CT molecular complexity index is 508. The summed E-state index contributed by atoms with van der Waals surface area (Å²) < 4.78 is 0. The molecule has 2 N–H and O–H groups in total. The highest BCUT2D eigenvalue weighted by Crippen LogP contribution is 2.15. The van der Waals surface area contributed by atoms with E-state index in [0.717, 1.165) is 35.6 Å². The van der Waals surface area contributed by atoms with Crippen molar-refractivity contribution >= 4 is 0 Å². The van der Waals surface area contributed by atoms with Gasteiger partial charge in [-0.1, -0.05) is 37.3 Å². The van der Waals surface area contributed by atoms with E-state index < -0.39 is 0 Å². The number of aryl methyl sites for hydroxylation is 2. The summed E-state index contributed by atoms with van der Waals surface area (Å²) in [5.41, 5.74) is 9.46. The first-order valence-electron chi connectivity index (χ1n) is 6.33. The highest BCUT2D eigenvalue weighted by Gasteiger charge is 2.09. The molecule has 1 aromatic heterocycles. The lowest BCUT2D eigenvalue weighted by Crippen LogP contribution is -2.14. The van der Waals surface area contributed by atoms with E-state index in [1.807, 2.05) is 25.1 Å². The molecule has 0 spiro atoms. The quantitative estimate of drug-likeness (QED) is 0.895. The summed E-state index contributed by atoms with van der Waals surface area (Å²) in [5, 5.41) is 0. The highest BCUT2D eigenvalue weighted by molar-refractivity contribution is 5.21. The van der Waals surface area contributed by atoms with Crippen LogP contribution >= 0.6 is 0 Å². The molecule has 0 saturated heterocycles. The summed E-state index contributed by atoms with van der Waals surface area (Å²) in [7, 11) is 0. The monoisotopic (exact) mass is 241 g/mol. The zero-order valence-electron chi connectivity index (χ0n) is 10.9. The van der Waals surface area contributed by atoms with E-state index in [2.05, 4.69) is 35.1 Å². The van der Waals surface area contributed by atoms with E-state index in [1.54, 1.807) is 0 Å². The van der Waals surface area contributed by atoms with Crippen LogP contribution in [0.4, 0.5) is 0 Å². The zero-order valence-corrected chi connectivity index (χ0v) is 10.9. The first-order chi connectivity index (χ1) is 8.69. The third kappa shape index (κ3) is 3.14. The van der Waals surface area contributed by atoms with Gasteiger partial charge in [-0.25, -0.2) is 9.97 Å². The van der Waals surface area contributed by atoms with Gasteiger partial charge in [0.25, 0.3) is 0 Å². The number of rotatable bonds is 4. The first kappa shape index (κ1) is 12.7. The molecule has 1 atom stereocenters. The van der Waals surface area contributed by atoms with Gasteiger partial charge in [0.2, 0.25) is 0 Å². The molecule has 1 aromatic carbocycles. The van der Waals surface area contributed by atoms with Gasteiger partial charge in [-0.3, -0.25) is 0 Å². The summed E-state index contributed by atoms with van der Waals surface area (Å²) in [5.74, 6) is 0.824. The van der Waals surface area contributed by atoms with Crippen molar-refractivity contribution in [1.29, 1.82) is 0 Å². The van der Waals surface area contributed by atoms with Crippen molar-refractivity contribution in [2.75, 3.05) is 0 Å². The molecule has 0 saturated carbocycles. The number of benzene rings is 1. The number of nitrogens with zero attached hydrogens (tertiary/aromatic N) is 2. The Kier molecular flexibility index (Phi) is 4.05. The molecule has 2 rings (SSSR count). The summed E-state index contributed by atoms with van der Waals surface area (Å²) in [6.45, 7) is 4.03. The molecule has 2 aromatic rings. The Balaban J connectivity index is 2.16. The molecule has 3 heteroatoms. The molecule has 0 aliphatic carbocycles. The lowest BCUT2D eigenvalue weighted by molar-refractivity contribution is 0.698. The molecule has 0 bridgehead atoms. The molecule has 0 amide bonds. The van der Waals surface area contributed by atoms with Gasteiger partial charge in [0, 0.05) is 23.9 Å². The van der Waals surface area contributed by atoms with Crippen LogP contribution in [-0.2, 0) is 12.8 Å². The van der Waals surface area contributed by atoms with Crippen LogP contribution in [0.3, 0.4) is 0 Å². The van der Waals surface area contributed by atoms with Crippen LogP contribution in [0.1, 0.15) is 35.7 Å². The molecule has 0 aliphatic heterocycles. The van der Waals surface area contributed by atoms with Crippen LogP contribution < -0.4 is 5.73 Å². The Labute approximate surface area is 108 Å². The van der Waals surface area contributed by atoms with Gasteiger partial charge < -0.3 is 5.73 Å². The van der Waals surface area contributed by atoms with E-state index in [-0.39, 0.29) is 6.04 Å². The zero-order chi connectivity index (χ0) is 13.0. The van der Waals surface area contributed by atoms with Gasteiger partial charge in [-0.2, -0.15) is 0 Å². The molecule has 3 nitrogen and oxygen atoms in total. The van der Waals surface area contributed by atoms with Crippen LogP contribution in [0, 0.1) is 6.92 Å². The predicted molar refractivity (Wildman–Crippen MR) is 73.2 cm³/mol. The molecule has 0 radical (unpaired) electrons. The van der Waals surface area contributed by atoms with Gasteiger partial charge >= 0.3 is 0 Å². The Hall–Kier alpha value is -1.74. The normalized spacial score (nSPS) is 12.4. The first-order valence-corrected chi connectivity index (χ1v) is 6.33. The minimum absolute atomic E-state index is 0.00907. The summed E-state index contributed by atoms with van der Waals surface area (Å²) in [6, 6.07) is 12.2. The van der Waals surface area contributed by atoms with Crippen LogP contribution in [0.15, 0.2) is 36.4 Å². The van der Waals surface area contributed by atoms with Crippen molar-refractivity contribution in [3.05, 3.63) is 59.2 Å².